The molecule has 1 saturated heterocycles. The highest BCUT2D eigenvalue weighted by atomic mass is 16.5. The largest absolute Gasteiger partial charge is 0.462 e. The second kappa shape index (κ2) is 6.09. The Hall–Kier alpha value is -1.82. The van der Waals surface area contributed by atoms with Crippen molar-refractivity contribution in [1.29, 1.82) is 0 Å². The SMILES string of the molecule is CCOC(=O)c1ccnc(N2CCC(O)C(C)C2)c1N. The van der Waals surface area contributed by atoms with Gasteiger partial charge in [0.15, 0.2) is 5.82 Å². The third-order valence-corrected chi connectivity index (χ3v) is 3.62. The highest BCUT2D eigenvalue weighted by Gasteiger charge is 2.27. The fourth-order valence-electron chi connectivity index (χ4n) is 2.43. The molecule has 0 aliphatic carbocycles. The Bertz CT molecular complexity index is 493. The van der Waals surface area contributed by atoms with Gasteiger partial charge in [-0.2, -0.15) is 0 Å². The molecular formula is C14H21N3O3. The van der Waals surface area contributed by atoms with E-state index in [-0.39, 0.29) is 12.0 Å². The second-order valence-electron chi connectivity index (χ2n) is 5.10. The van der Waals surface area contributed by atoms with Crippen LogP contribution in [0.4, 0.5) is 11.5 Å². The van der Waals surface area contributed by atoms with Gasteiger partial charge in [-0.1, -0.05) is 6.92 Å². The number of esters is 1. The molecule has 0 aromatic carbocycles. The maximum Gasteiger partial charge on any atom is 0.340 e. The van der Waals surface area contributed by atoms with Crippen LogP contribution < -0.4 is 10.6 Å². The standard InChI is InChI=1S/C14H21N3O3/c1-3-20-14(19)10-4-6-16-13(12(10)15)17-7-5-11(18)9(2)8-17/h4,6,9,11,18H,3,5,7-8,15H2,1-2H3. The molecule has 20 heavy (non-hydrogen) atoms. The fourth-order valence-corrected chi connectivity index (χ4v) is 2.43. The lowest BCUT2D eigenvalue weighted by Crippen LogP contribution is -2.42. The van der Waals surface area contributed by atoms with Crippen LogP contribution in [0.3, 0.4) is 0 Å². The Labute approximate surface area is 118 Å². The molecule has 2 heterocycles. The first kappa shape index (κ1) is 14.6. The van der Waals surface area contributed by atoms with Crippen LogP contribution >= 0.6 is 0 Å². The molecule has 0 amide bonds. The number of piperidine rings is 1. The van der Waals surface area contributed by atoms with E-state index in [0.29, 0.717) is 43.2 Å². The molecule has 0 radical (unpaired) electrons. The molecule has 6 nitrogen and oxygen atoms in total. The molecule has 6 heteroatoms. The van der Waals surface area contributed by atoms with Gasteiger partial charge in [0.05, 0.1) is 24.0 Å². The maximum atomic E-state index is 11.8. The molecule has 2 rings (SSSR count). The average Bonchev–Trinajstić information content (AvgIpc) is 2.42. The summed E-state index contributed by atoms with van der Waals surface area (Å²) in [5.74, 6) is 0.309. The van der Waals surface area contributed by atoms with E-state index in [2.05, 4.69) is 4.98 Å². The number of aliphatic hydroxyl groups excluding tert-OH is 1. The van der Waals surface area contributed by atoms with E-state index < -0.39 is 5.97 Å². The number of hydrogen-bond donors (Lipinski definition) is 2. The van der Waals surface area contributed by atoms with Gasteiger partial charge in [0.25, 0.3) is 0 Å². The van der Waals surface area contributed by atoms with Crippen LogP contribution in [0.15, 0.2) is 12.3 Å². The number of aromatic nitrogens is 1. The van der Waals surface area contributed by atoms with Gasteiger partial charge in [-0.25, -0.2) is 9.78 Å². The van der Waals surface area contributed by atoms with Gasteiger partial charge in [0.2, 0.25) is 0 Å². The average molecular weight is 279 g/mol. The van der Waals surface area contributed by atoms with Crippen molar-refractivity contribution in [3.05, 3.63) is 17.8 Å². The first-order chi connectivity index (χ1) is 9.54. The predicted molar refractivity (Wildman–Crippen MR) is 76.6 cm³/mol. The van der Waals surface area contributed by atoms with E-state index in [1.807, 2.05) is 11.8 Å². The van der Waals surface area contributed by atoms with Crippen LogP contribution in [-0.4, -0.2) is 41.9 Å². The van der Waals surface area contributed by atoms with Gasteiger partial charge in [0, 0.05) is 19.3 Å². The quantitative estimate of drug-likeness (QED) is 0.804. The van der Waals surface area contributed by atoms with Crippen molar-refractivity contribution in [2.75, 3.05) is 30.3 Å². The lowest BCUT2D eigenvalue weighted by Gasteiger charge is -2.35. The zero-order valence-corrected chi connectivity index (χ0v) is 11.9. The molecule has 1 aliphatic rings. The first-order valence-electron chi connectivity index (χ1n) is 6.89. The lowest BCUT2D eigenvalue weighted by atomic mass is 9.96. The minimum atomic E-state index is -0.432. The molecule has 110 valence electrons. The van der Waals surface area contributed by atoms with E-state index in [4.69, 9.17) is 10.5 Å². The van der Waals surface area contributed by atoms with Crippen molar-refractivity contribution in [3.8, 4) is 0 Å². The van der Waals surface area contributed by atoms with Crippen LogP contribution in [-0.2, 0) is 4.74 Å². The number of rotatable bonds is 3. The summed E-state index contributed by atoms with van der Waals surface area (Å²) in [6, 6.07) is 1.57. The molecule has 0 saturated carbocycles. The van der Waals surface area contributed by atoms with Gasteiger partial charge in [-0.05, 0) is 25.3 Å². The molecule has 2 unspecified atom stereocenters. The number of nitrogens with zero attached hydrogens (tertiary/aromatic N) is 2. The molecule has 1 aliphatic heterocycles. The van der Waals surface area contributed by atoms with Crippen LogP contribution in [0.1, 0.15) is 30.6 Å². The molecule has 2 atom stereocenters. The normalized spacial score (nSPS) is 22.6. The van der Waals surface area contributed by atoms with Gasteiger partial charge >= 0.3 is 5.97 Å². The number of carbonyl (C=O) groups is 1. The number of nitrogen functional groups attached to an aromatic ring is 1. The van der Waals surface area contributed by atoms with E-state index in [1.54, 1.807) is 19.2 Å². The van der Waals surface area contributed by atoms with E-state index >= 15 is 0 Å². The Balaban J connectivity index is 2.25. The number of pyridine rings is 1. The van der Waals surface area contributed by atoms with Crippen molar-refractivity contribution in [2.24, 2.45) is 5.92 Å². The number of ether oxygens (including phenoxy) is 1. The smallest absolute Gasteiger partial charge is 0.340 e. The Kier molecular flexibility index (Phi) is 4.44. The Morgan fingerprint density at radius 1 is 1.65 bits per heavy atom. The third-order valence-electron chi connectivity index (χ3n) is 3.62. The van der Waals surface area contributed by atoms with Crippen molar-refractivity contribution >= 4 is 17.5 Å². The maximum absolute atomic E-state index is 11.8. The van der Waals surface area contributed by atoms with Gasteiger partial charge in [-0.15, -0.1) is 0 Å². The van der Waals surface area contributed by atoms with Crippen LogP contribution in [0, 0.1) is 5.92 Å². The molecule has 1 aromatic rings. The molecular weight excluding hydrogens is 258 g/mol. The zero-order valence-electron chi connectivity index (χ0n) is 11.9. The summed E-state index contributed by atoms with van der Waals surface area (Å²) in [5, 5.41) is 9.77. The van der Waals surface area contributed by atoms with Crippen LogP contribution in [0.25, 0.3) is 0 Å². The van der Waals surface area contributed by atoms with Gasteiger partial charge in [-0.3, -0.25) is 0 Å². The minimum absolute atomic E-state index is 0.149. The topological polar surface area (TPSA) is 88.7 Å². The monoisotopic (exact) mass is 279 g/mol. The number of anilines is 2. The minimum Gasteiger partial charge on any atom is -0.462 e. The van der Waals surface area contributed by atoms with Crippen molar-refractivity contribution < 1.29 is 14.6 Å². The van der Waals surface area contributed by atoms with Gasteiger partial charge < -0.3 is 20.5 Å². The fraction of sp³-hybridized carbons (Fsp3) is 0.571. The van der Waals surface area contributed by atoms with Crippen molar-refractivity contribution in [3.63, 3.8) is 0 Å². The van der Waals surface area contributed by atoms with Crippen LogP contribution in [0.2, 0.25) is 0 Å². The Morgan fingerprint density at radius 3 is 3.05 bits per heavy atom. The van der Waals surface area contributed by atoms with E-state index in [9.17, 15) is 9.90 Å². The van der Waals surface area contributed by atoms with Crippen molar-refractivity contribution in [2.45, 2.75) is 26.4 Å². The van der Waals surface area contributed by atoms with E-state index in [1.165, 1.54) is 0 Å². The number of carbonyl (C=O) groups excluding carboxylic acids is 1. The Morgan fingerprint density at radius 2 is 2.40 bits per heavy atom. The van der Waals surface area contributed by atoms with Crippen molar-refractivity contribution in [1.82, 2.24) is 4.98 Å². The molecule has 1 fully saturated rings. The summed E-state index contributed by atoms with van der Waals surface area (Å²) in [4.78, 5) is 18.1. The molecule has 0 bridgehead atoms. The second-order valence-corrected chi connectivity index (χ2v) is 5.10. The summed E-state index contributed by atoms with van der Waals surface area (Å²) in [7, 11) is 0. The third kappa shape index (κ3) is 2.85. The summed E-state index contributed by atoms with van der Waals surface area (Å²) in [5.41, 5.74) is 6.74. The predicted octanol–water partition coefficient (Wildman–Crippen LogP) is 1.05. The van der Waals surface area contributed by atoms with E-state index in [0.717, 1.165) is 0 Å². The summed E-state index contributed by atoms with van der Waals surface area (Å²) < 4.78 is 4.98. The number of nitrogens with two attached hydrogens (primary N) is 1. The number of aliphatic hydroxyl groups is 1. The summed E-state index contributed by atoms with van der Waals surface area (Å²) in [6.07, 6.45) is 1.94. The first-order valence-corrected chi connectivity index (χ1v) is 6.89. The lowest BCUT2D eigenvalue weighted by molar-refractivity contribution is 0.0527. The molecule has 0 spiro atoms. The van der Waals surface area contributed by atoms with Crippen LogP contribution in [0.5, 0.6) is 0 Å². The highest BCUT2D eigenvalue weighted by molar-refractivity contribution is 5.97. The molecule has 1 aromatic heterocycles. The number of hydrogen-bond acceptors (Lipinski definition) is 6. The summed E-state index contributed by atoms with van der Waals surface area (Å²) in [6.45, 7) is 5.40. The summed E-state index contributed by atoms with van der Waals surface area (Å²) >= 11 is 0. The zero-order chi connectivity index (χ0) is 14.7. The van der Waals surface area contributed by atoms with Gasteiger partial charge in [0.1, 0.15) is 0 Å². The highest BCUT2D eigenvalue weighted by Crippen LogP contribution is 2.28. The molecule has 3 N–H and O–H groups in total.